The zero-order valence-electron chi connectivity index (χ0n) is 18.0. The number of aryl methyl sites for hydroxylation is 2. The topological polar surface area (TPSA) is 78.6 Å². The van der Waals surface area contributed by atoms with Crippen LogP contribution in [0.4, 0.5) is 0 Å². The van der Waals surface area contributed by atoms with Gasteiger partial charge in [0.1, 0.15) is 17.1 Å². The number of amides is 1. The van der Waals surface area contributed by atoms with Gasteiger partial charge in [0.05, 0.1) is 11.6 Å². The second-order valence-electron chi connectivity index (χ2n) is 8.53. The predicted octanol–water partition coefficient (Wildman–Crippen LogP) is 3.83. The number of carbonyl (C=O) groups is 1. The molecule has 1 aliphatic rings. The molecule has 1 heterocycles. The molecular weight excluding hydrogens is 378 g/mol. The molecule has 4 rings (SSSR count). The molecule has 0 unspecified atom stereocenters. The normalized spacial score (nSPS) is 14.8. The van der Waals surface area contributed by atoms with E-state index in [1.807, 2.05) is 48.9 Å². The Morgan fingerprint density at radius 2 is 2.00 bits per heavy atom. The number of phenolic OH excluding ortho intramolecular Hbond substituents is 1. The molecule has 0 aliphatic heterocycles. The highest BCUT2D eigenvalue weighted by atomic mass is 16.3. The second-order valence-corrected chi connectivity index (χ2v) is 8.53. The summed E-state index contributed by atoms with van der Waals surface area (Å²) in [6.07, 6.45) is 2.32. The van der Waals surface area contributed by atoms with Crippen LogP contribution in [-0.4, -0.2) is 44.7 Å². The van der Waals surface area contributed by atoms with E-state index in [1.165, 1.54) is 4.90 Å². The van der Waals surface area contributed by atoms with Gasteiger partial charge in [-0.1, -0.05) is 24.3 Å². The van der Waals surface area contributed by atoms with Crippen molar-refractivity contribution in [3.8, 4) is 5.75 Å². The Kier molecular flexibility index (Phi) is 5.28. The number of fused-ring (bicyclic) bond motifs is 1. The molecule has 2 aromatic carbocycles. The van der Waals surface area contributed by atoms with Crippen LogP contribution in [0.15, 0.2) is 30.3 Å². The van der Waals surface area contributed by atoms with Gasteiger partial charge in [-0.2, -0.15) is 0 Å². The van der Waals surface area contributed by atoms with Crippen molar-refractivity contribution in [3.05, 3.63) is 58.4 Å². The number of benzene rings is 2. The number of aliphatic hydroxyl groups is 1. The minimum absolute atomic E-state index is 0.0529. The molecule has 6 nitrogen and oxygen atoms in total. The Bertz CT molecular complexity index is 1110. The van der Waals surface area contributed by atoms with Crippen molar-refractivity contribution in [2.24, 2.45) is 7.05 Å². The summed E-state index contributed by atoms with van der Waals surface area (Å²) in [7, 11) is 5.34. The van der Waals surface area contributed by atoms with Crippen molar-refractivity contribution in [2.45, 2.75) is 44.6 Å². The summed E-state index contributed by atoms with van der Waals surface area (Å²) in [6, 6.07) is 9.57. The lowest BCUT2D eigenvalue weighted by Crippen LogP contribution is -2.23. The first kappa shape index (κ1) is 20.4. The maximum absolute atomic E-state index is 12.9. The maximum atomic E-state index is 12.9. The van der Waals surface area contributed by atoms with Crippen LogP contribution in [0.25, 0.3) is 11.0 Å². The van der Waals surface area contributed by atoms with Crippen LogP contribution in [0.3, 0.4) is 0 Å². The van der Waals surface area contributed by atoms with Gasteiger partial charge >= 0.3 is 0 Å². The monoisotopic (exact) mass is 407 g/mol. The molecule has 2 N–H and O–H groups in total. The summed E-state index contributed by atoms with van der Waals surface area (Å²) in [5.74, 6) is 1.28. The van der Waals surface area contributed by atoms with Gasteiger partial charge in [-0.15, -0.1) is 0 Å². The van der Waals surface area contributed by atoms with E-state index in [2.05, 4.69) is 0 Å². The molecule has 0 radical (unpaired) electrons. The van der Waals surface area contributed by atoms with Crippen molar-refractivity contribution in [1.82, 2.24) is 14.5 Å². The van der Waals surface area contributed by atoms with Gasteiger partial charge < -0.3 is 19.7 Å². The number of phenols is 1. The summed E-state index contributed by atoms with van der Waals surface area (Å²) >= 11 is 0. The number of hydrogen-bond acceptors (Lipinski definition) is 4. The second kappa shape index (κ2) is 7.76. The molecule has 1 fully saturated rings. The third-order valence-electron chi connectivity index (χ3n) is 6.08. The Hall–Kier alpha value is -2.86. The summed E-state index contributed by atoms with van der Waals surface area (Å²) in [5.41, 5.74) is 4.21. The third kappa shape index (κ3) is 3.56. The number of aromatic nitrogens is 2. The molecule has 3 aromatic rings. The number of aliphatic hydroxyl groups excluding tert-OH is 1. The summed E-state index contributed by atoms with van der Waals surface area (Å²) < 4.78 is 1.99. The first-order valence-electron chi connectivity index (χ1n) is 10.5. The number of nitrogens with zero attached hydrogens (tertiary/aromatic N) is 3. The first-order chi connectivity index (χ1) is 14.3. The van der Waals surface area contributed by atoms with E-state index < -0.39 is 6.10 Å². The van der Waals surface area contributed by atoms with E-state index in [0.717, 1.165) is 35.3 Å². The number of imidazole rings is 1. The molecule has 1 saturated carbocycles. The van der Waals surface area contributed by atoms with Gasteiger partial charge in [-0.25, -0.2) is 4.98 Å². The molecule has 1 aromatic heterocycles. The van der Waals surface area contributed by atoms with Crippen LogP contribution in [-0.2, 0) is 13.5 Å². The fourth-order valence-electron chi connectivity index (χ4n) is 4.15. The van der Waals surface area contributed by atoms with E-state index in [1.54, 1.807) is 14.1 Å². The highest BCUT2D eigenvalue weighted by Crippen LogP contribution is 2.42. The fourth-order valence-corrected chi connectivity index (χ4v) is 4.15. The van der Waals surface area contributed by atoms with E-state index in [4.69, 9.17) is 4.98 Å². The molecule has 0 spiro atoms. The molecule has 1 amide bonds. The van der Waals surface area contributed by atoms with Gasteiger partial charge in [-0.3, -0.25) is 4.79 Å². The van der Waals surface area contributed by atoms with E-state index in [9.17, 15) is 15.0 Å². The molecule has 30 heavy (non-hydrogen) atoms. The predicted molar refractivity (Wildman–Crippen MR) is 117 cm³/mol. The van der Waals surface area contributed by atoms with Gasteiger partial charge in [0.2, 0.25) is 0 Å². The zero-order chi connectivity index (χ0) is 21.6. The van der Waals surface area contributed by atoms with Crippen molar-refractivity contribution < 1.29 is 15.0 Å². The SMILES string of the molecule is Cc1ccccc1[C@H](O)CCc1c(C(=O)N(C)C)cc2c(nc(C3CC3)n2C)c1O. The van der Waals surface area contributed by atoms with Gasteiger partial charge in [0.15, 0.2) is 0 Å². The van der Waals surface area contributed by atoms with Crippen molar-refractivity contribution in [2.75, 3.05) is 14.1 Å². The number of aromatic hydroxyl groups is 1. The Labute approximate surface area is 176 Å². The lowest BCUT2D eigenvalue weighted by Gasteiger charge is -2.18. The van der Waals surface area contributed by atoms with Crippen LogP contribution in [0.2, 0.25) is 0 Å². The summed E-state index contributed by atoms with van der Waals surface area (Å²) in [4.78, 5) is 19.1. The Morgan fingerprint density at radius 1 is 1.30 bits per heavy atom. The molecule has 1 aliphatic carbocycles. The van der Waals surface area contributed by atoms with Crippen LogP contribution in [0.5, 0.6) is 5.75 Å². The van der Waals surface area contributed by atoms with Crippen LogP contribution in [0.1, 0.15) is 64.2 Å². The number of rotatable bonds is 6. The third-order valence-corrected chi connectivity index (χ3v) is 6.08. The molecular formula is C24H29N3O3. The molecule has 6 heteroatoms. The number of carbonyl (C=O) groups excluding carboxylic acids is 1. The van der Waals surface area contributed by atoms with Crippen LogP contribution < -0.4 is 0 Å². The highest BCUT2D eigenvalue weighted by molar-refractivity contribution is 6.01. The molecule has 0 bridgehead atoms. The molecule has 1 atom stereocenters. The van der Waals surface area contributed by atoms with Crippen molar-refractivity contribution in [1.29, 1.82) is 0 Å². The van der Waals surface area contributed by atoms with E-state index in [-0.39, 0.29) is 11.7 Å². The average Bonchev–Trinajstić information content (AvgIpc) is 3.50. The van der Waals surface area contributed by atoms with Gasteiger partial charge in [0.25, 0.3) is 5.91 Å². The smallest absolute Gasteiger partial charge is 0.253 e. The lowest BCUT2D eigenvalue weighted by molar-refractivity contribution is 0.0825. The first-order valence-corrected chi connectivity index (χ1v) is 10.5. The summed E-state index contributed by atoms with van der Waals surface area (Å²) in [6.45, 7) is 1.97. The average molecular weight is 408 g/mol. The van der Waals surface area contributed by atoms with E-state index in [0.29, 0.717) is 35.4 Å². The minimum Gasteiger partial charge on any atom is -0.505 e. The van der Waals surface area contributed by atoms with E-state index >= 15 is 0 Å². The lowest BCUT2D eigenvalue weighted by atomic mass is 9.94. The quantitative estimate of drug-likeness (QED) is 0.651. The molecule has 158 valence electrons. The Morgan fingerprint density at radius 3 is 2.63 bits per heavy atom. The summed E-state index contributed by atoms with van der Waals surface area (Å²) in [5, 5.41) is 21.8. The fraction of sp³-hybridized carbons (Fsp3) is 0.417. The number of hydrogen-bond donors (Lipinski definition) is 2. The van der Waals surface area contributed by atoms with Crippen molar-refractivity contribution in [3.63, 3.8) is 0 Å². The van der Waals surface area contributed by atoms with Gasteiger partial charge in [0, 0.05) is 38.2 Å². The Balaban J connectivity index is 1.75. The van der Waals surface area contributed by atoms with Crippen molar-refractivity contribution >= 4 is 16.9 Å². The minimum atomic E-state index is -0.672. The maximum Gasteiger partial charge on any atom is 0.253 e. The zero-order valence-corrected chi connectivity index (χ0v) is 18.0. The standard InChI is InChI=1S/C24H29N3O3/c1-14-7-5-6-8-16(14)20(28)12-11-17-18(24(30)26(2)3)13-19-21(22(17)29)25-23(27(19)4)15-9-10-15/h5-8,13,15,20,28-29H,9-12H2,1-4H3/t20-/m1/s1. The van der Waals surface area contributed by atoms with Crippen LogP contribution in [0, 0.1) is 6.92 Å². The molecule has 0 saturated heterocycles. The van der Waals surface area contributed by atoms with Gasteiger partial charge in [-0.05, 0) is 49.8 Å². The van der Waals surface area contributed by atoms with Crippen LogP contribution >= 0.6 is 0 Å². The largest absolute Gasteiger partial charge is 0.505 e. The highest BCUT2D eigenvalue weighted by Gasteiger charge is 2.31.